The topological polar surface area (TPSA) is 89.2 Å². The third kappa shape index (κ3) is 4.86. The van der Waals surface area contributed by atoms with E-state index in [4.69, 9.17) is 14.7 Å². The molecule has 0 saturated carbocycles. The molecule has 0 aliphatic carbocycles. The number of hydrogen-bond acceptors (Lipinski definition) is 5. The molecule has 1 heterocycles. The maximum Gasteiger partial charge on any atom is 0.249 e. The molecule has 0 aliphatic heterocycles. The fraction of sp³-hybridized carbons (Fsp3) is 0.316. The van der Waals surface area contributed by atoms with E-state index >= 15 is 0 Å². The van der Waals surface area contributed by atoms with Gasteiger partial charge in [0, 0.05) is 12.1 Å². The summed E-state index contributed by atoms with van der Waals surface area (Å²) in [6, 6.07) is 9.09. The zero-order valence-corrected chi connectivity index (χ0v) is 15.1. The minimum atomic E-state index is -0.251. The summed E-state index contributed by atoms with van der Waals surface area (Å²) < 4.78 is 12.3. The Kier molecular flexibility index (Phi) is 6.80. The molecule has 1 aromatic heterocycles. The number of ether oxygens (including phenoxy) is 2. The quantitative estimate of drug-likeness (QED) is 0.734. The first-order valence-corrected chi connectivity index (χ1v) is 8.29. The number of carbonyl (C=O) groups is 1. The first kappa shape index (κ1) is 19.1. The van der Waals surface area contributed by atoms with Crippen molar-refractivity contribution >= 4 is 17.8 Å². The monoisotopic (exact) mass is 354 g/mol. The van der Waals surface area contributed by atoms with Crippen LogP contribution in [0.1, 0.15) is 31.9 Å². The second kappa shape index (κ2) is 9.28. The van der Waals surface area contributed by atoms with Crippen molar-refractivity contribution < 1.29 is 14.3 Å². The SMILES string of the molecule is CCC(C)n1nccc1NC(=O)C=Cc1ccc(OCC#N)c(OC)c1. The number of anilines is 1. The van der Waals surface area contributed by atoms with Crippen LogP contribution < -0.4 is 14.8 Å². The fourth-order valence-corrected chi connectivity index (χ4v) is 2.29. The summed E-state index contributed by atoms with van der Waals surface area (Å²) in [6.07, 6.45) is 5.70. The summed E-state index contributed by atoms with van der Waals surface area (Å²) in [4.78, 5) is 12.2. The summed E-state index contributed by atoms with van der Waals surface area (Å²) in [6.45, 7) is 4.05. The second-order valence-electron chi connectivity index (χ2n) is 5.60. The summed E-state index contributed by atoms with van der Waals surface area (Å²) >= 11 is 0. The molecular formula is C19H22N4O3. The van der Waals surface area contributed by atoms with Gasteiger partial charge in [0.1, 0.15) is 11.9 Å². The third-order valence-electron chi connectivity index (χ3n) is 3.84. The highest BCUT2D eigenvalue weighted by Crippen LogP contribution is 2.28. The van der Waals surface area contributed by atoms with Crippen molar-refractivity contribution in [3.8, 4) is 17.6 Å². The van der Waals surface area contributed by atoms with Crippen LogP contribution in [0, 0.1) is 11.3 Å². The van der Waals surface area contributed by atoms with E-state index in [1.54, 1.807) is 41.2 Å². The first-order valence-electron chi connectivity index (χ1n) is 8.29. The number of hydrogen-bond donors (Lipinski definition) is 1. The number of nitrogens with one attached hydrogen (secondary N) is 1. The van der Waals surface area contributed by atoms with E-state index in [2.05, 4.69) is 17.3 Å². The molecule has 1 atom stereocenters. The summed E-state index contributed by atoms with van der Waals surface area (Å²) in [7, 11) is 1.52. The molecule has 1 amide bonds. The minimum absolute atomic E-state index is 0.0577. The molecule has 0 radical (unpaired) electrons. The van der Waals surface area contributed by atoms with E-state index in [1.165, 1.54) is 13.2 Å². The Bertz CT molecular complexity index is 820. The van der Waals surface area contributed by atoms with Gasteiger partial charge in [0.15, 0.2) is 18.1 Å². The highest BCUT2D eigenvalue weighted by molar-refractivity contribution is 6.01. The maximum absolute atomic E-state index is 12.2. The van der Waals surface area contributed by atoms with Crippen LogP contribution in [0.25, 0.3) is 6.08 Å². The van der Waals surface area contributed by atoms with E-state index in [-0.39, 0.29) is 18.6 Å². The van der Waals surface area contributed by atoms with Crippen LogP contribution in [0.5, 0.6) is 11.5 Å². The number of benzene rings is 1. The van der Waals surface area contributed by atoms with Crippen molar-refractivity contribution in [1.29, 1.82) is 5.26 Å². The maximum atomic E-state index is 12.2. The van der Waals surface area contributed by atoms with Crippen molar-refractivity contribution in [3.05, 3.63) is 42.1 Å². The molecule has 136 valence electrons. The Morgan fingerprint density at radius 2 is 2.23 bits per heavy atom. The van der Waals surface area contributed by atoms with Gasteiger partial charge in [-0.15, -0.1) is 0 Å². The van der Waals surface area contributed by atoms with Crippen LogP contribution in [0.3, 0.4) is 0 Å². The molecule has 1 aromatic carbocycles. The molecule has 0 saturated heterocycles. The predicted octanol–water partition coefficient (Wildman–Crippen LogP) is 3.42. The highest BCUT2D eigenvalue weighted by atomic mass is 16.5. The number of nitrogens with zero attached hydrogens (tertiary/aromatic N) is 3. The lowest BCUT2D eigenvalue weighted by Gasteiger charge is -2.13. The van der Waals surface area contributed by atoms with Crippen LogP contribution in [-0.2, 0) is 4.79 Å². The van der Waals surface area contributed by atoms with Gasteiger partial charge in [-0.2, -0.15) is 10.4 Å². The van der Waals surface area contributed by atoms with Gasteiger partial charge in [-0.1, -0.05) is 13.0 Å². The standard InChI is InChI=1S/C19H22N4O3/c1-4-14(2)23-18(9-11-21-23)22-19(24)8-6-15-5-7-16(26-12-10-20)17(13-15)25-3/h5-9,11,13-14H,4,12H2,1-3H3,(H,22,24). The molecule has 1 N–H and O–H groups in total. The van der Waals surface area contributed by atoms with Crippen molar-refractivity contribution in [2.45, 2.75) is 26.3 Å². The average molecular weight is 354 g/mol. The molecule has 7 nitrogen and oxygen atoms in total. The van der Waals surface area contributed by atoms with Gasteiger partial charge in [0.2, 0.25) is 5.91 Å². The molecule has 7 heteroatoms. The van der Waals surface area contributed by atoms with Gasteiger partial charge in [0.05, 0.1) is 19.3 Å². The van der Waals surface area contributed by atoms with E-state index in [0.717, 1.165) is 12.0 Å². The molecule has 2 rings (SSSR count). The molecule has 1 unspecified atom stereocenters. The Balaban J connectivity index is 2.06. The largest absolute Gasteiger partial charge is 0.493 e. The van der Waals surface area contributed by atoms with Gasteiger partial charge >= 0.3 is 0 Å². The van der Waals surface area contributed by atoms with E-state index in [9.17, 15) is 4.79 Å². The molecule has 26 heavy (non-hydrogen) atoms. The van der Waals surface area contributed by atoms with E-state index in [1.807, 2.05) is 13.0 Å². The normalized spacial score (nSPS) is 11.8. The highest BCUT2D eigenvalue weighted by Gasteiger charge is 2.10. The number of amides is 1. The van der Waals surface area contributed by atoms with Gasteiger partial charge in [-0.3, -0.25) is 4.79 Å². The van der Waals surface area contributed by atoms with Crippen LogP contribution >= 0.6 is 0 Å². The van der Waals surface area contributed by atoms with Gasteiger partial charge in [0.25, 0.3) is 0 Å². The molecule has 0 spiro atoms. The number of rotatable bonds is 8. The van der Waals surface area contributed by atoms with Crippen molar-refractivity contribution in [2.24, 2.45) is 0 Å². The van der Waals surface area contributed by atoms with Gasteiger partial charge < -0.3 is 14.8 Å². The number of methoxy groups -OCH3 is 1. The Morgan fingerprint density at radius 1 is 1.42 bits per heavy atom. The molecular weight excluding hydrogens is 332 g/mol. The lowest BCUT2D eigenvalue weighted by molar-refractivity contribution is -0.111. The average Bonchev–Trinajstić information content (AvgIpc) is 3.12. The summed E-state index contributed by atoms with van der Waals surface area (Å²) in [5, 5.41) is 15.7. The smallest absolute Gasteiger partial charge is 0.249 e. The molecule has 0 bridgehead atoms. The summed E-state index contributed by atoms with van der Waals surface area (Å²) in [5.41, 5.74) is 0.775. The molecule has 0 fully saturated rings. The van der Waals surface area contributed by atoms with Gasteiger partial charge in [-0.05, 0) is 37.1 Å². The second-order valence-corrected chi connectivity index (χ2v) is 5.60. The van der Waals surface area contributed by atoms with Crippen LogP contribution in [0.15, 0.2) is 36.5 Å². The Labute approximate surface area is 152 Å². The minimum Gasteiger partial charge on any atom is -0.493 e. The Morgan fingerprint density at radius 3 is 2.92 bits per heavy atom. The number of aromatic nitrogens is 2. The van der Waals surface area contributed by atoms with Crippen molar-refractivity contribution in [2.75, 3.05) is 19.0 Å². The zero-order chi connectivity index (χ0) is 18.9. The van der Waals surface area contributed by atoms with Crippen molar-refractivity contribution in [1.82, 2.24) is 9.78 Å². The van der Waals surface area contributed by atoms with Crippen LogP contribution in [0.4, 0.5) is 5.82 Å². The number of nitriles is 1. The van der Waals surface area contributed by atoms with Crippen molar-refractivity contribution in [3.63, 3.8) is 0 Å². The Hall–Kier alpha value is -3.27. The lowest BCUT2D eigenvalue weighted by Crippen LogP contribution is -2.15. The molecule has 2 aromatic rings. The van der Waals surface area contributed by atoms with E-state index in [0.29, 0.717) is 17.3 Å². The van der Waals surface area contributed by atoms with Gasteiger partial charge in [-0.25, -0.2) is 4.68 Å². The predicted molar refractivity (Wildman–Crippen MR) is 99.0 cm³/mol. The van der Waals surface area contributed by atoms with Crippen LogP contribution in [0.2, 0.25) is 0 Å². The molecule has 0 aliphatic rings. The third-order valence-corrected chi connectivity index (χ3v) is 3.84. The van der Waals surface area contributed by atoms with E-state index < -0.39 is 0 Å². The summed E-state index contributed by atoms with van der Waals surface area (Å²) in [5.74, 6) is 1.39. The van der Waals surface area contributed by atoms with Crippen LogP contribution in [-0.4, -0.2) is 29.4 Å². The lowest BCUT2D eigenvalue weighted by atomic mass is 10.2. The first-order chi connectivity index (χ1) is 12.6. The number of carbonyl (C=O) groups excluding carboxylic acids is 1. The fourth-order valence-electron chi connectivity index (χ4n) is 2.29. The zero-order valence-electron chi connectivity index (χ0n) is 15.1.